The van der Waals surface area contributed by atoms with Crippen LogP contribution in [0.4, 0.5) is 4.79 Å². The van der Waals surface area contributed by atoms with Crippen LogP contribution in [0, 0.1) is 5.92 Å². The second-order valence-electron chi connectivity index (χ2n) is 6.77. The van der Waals surface area contributed by atoms with Gasteiger partial charge in [-0.15, -0.1) is 0 Å². The molecule has 25 heavy (non-hydrogen) atoms. The molecule has 1 aromatic rings. The number of benzene rings is 1. The molecule has 2 aliphatic rings. The second kappa shape index (κ2) is 7.48. The molecule has 3 rings (SSSR count). The molecule has 134 valence electrons. The Morgan fingerprint density at radius 3 is 2.68 bits per heavy atom. The summed E-state index contributed by atoms with van der Waals surface area (Å²) in [6.45, 7) is 1.92. The molecule has 0 bridgehead atoms. The van der Waals surface area contributed by atoms with E-state index in [0.717, 1.165) is 12.8 Å². The Bertz CT molecular complexity index is 723. The average Bonchev–Trinajstić information content (AvgIpc) is 3.09. The first-order chi connectivity index (χ1) is 12.0. The number of phenols is 1. The van der Waals surface area contributed by atoms with E-state index in [9.17, 15) is 14.7 Å². The van der Waals surface area contributed by atoms with Crippen molar-refractivity contribution in [3.05, 3.63) is 40.1 Å². The van der Waals surface area contributed by atoms with E-state index in [-0.39, 0.29) is 22.6 Å². The smallest absolute Gasteiger partial charge is 0.319 e. The number of halogens is 1. The van der Waals surface area contributed by atoms with Crippen LogP contribution in [0.3, 0.4) is 0 Å². The first kappa shape index (κ1) is 17.8. The molecule has 1 saturated carbocycles. The molecular formula is C19H23ClN2O3. The Morgan fingerprint density at radius 1 is 1.32 bits per heavy atom. The Kier molecular flexibility index (Phi) is 5.33. The van der Waals surface area contributed by atoms with Gasteiger partial charge >= 0.3 is 6.03 Å². The maximum absolute atomic E-state index is 13.0. The van der Waals surface area contributed by atoms with E-state index in [1.54, 1.807) is 12.1 Å². The number of carbonyl (C=O) groups is 2. The summed E-state index contributed by atoms with van der Waals surface area (Å²) in [6, 6.07) is 3.90. The molecule has 0 unspecified atom stereocenters. The van der Waals surface area contributed by atoms with Gasteiger partial charge in [-0.3, -0.25) is 4.79 Å². The summed E-state index contributed by atoms with van der Waals surface area (Å²) in [6.07, 6.45) is 5.64. The van der Waals surface area contributed by atoms with E-state index >= 15 is 0 Å². The SMILES string of the molecule is CCC1=C(C(=O)CC2CCCC2)[C@H](c2ccc(O)c(Cl)c2)NC(=O)N1. The van der Waals surface area contributed by atoms with Crippen LogP contribution in [-0.4, -0.2) is 16.9 Å². The molecule has 1 aliphatic heterocycles. The van der Waals surface area contributed by atoms with Gasteiger partial charge in [0.15, 0.2) is 5.78 Å². The van der Waals surface area contributed by atoms with Crippen molar-refractivity contribution in [2.45, 2.75) is 51.5 Å². The van der Waals surface area contributed by atoms with E-state index in [1.807, 2.05) is 6.92 Å². The number of amides is 2. The number of rotatable bonds is 5. The molecular weight excluding hydrogens is 340 g/mol. The van der Waals surface area contributed by atoms with Gasteiger partial charge in [-0.2, -0.15) is 0 Å². The molecule has 6 heteroatoms. The third kappa shape index (κ3) is 3.82. The van der Waals surface area contributed by atoms with Crippen molar-refractivity contribution < 1.29 is 14.7 Å². The highest BCUT2D eigenvalue weighted by molar-refractivity contribution is 6.32. The summed E-state index contributed by atoms with van der Waals surface area (Å²) < 4.78 is 0. The van der Waals surface area contributed by atoms with Gasteiger partial charge in [0.1, 0.15) is 5.75 Å². The highest BCUT2D eigenvalue weighted by atomic mass is 35.5. The minimum Gasteiger partial charge on any atom is -0.506 e. The summed E-state index contributed by atoms with van der Waals surface area (Å²) in [4.78, 5) is 25.1. The van der Waals surface area contributed by atoms with Crippen LogP contribution in [0.2, 0.25) is 5.02 Å². The minimum absolute atomic E-state index is 0.0239. The molecule has 0 spiro atoms. The van der Waals surface area contributed by atoms with Crippen LogP contribution in [0.15, 0.2) is 29.5 Å². The van der Waals surface area contributed by atoms with Crippen molar-refractivity contribution in [3.8, 4) is 5.75 Å². The zero-order valence-electron chi connectivity index (χ0n) is 14.3. The molecule has 0 saturated heterocycles. The van der Waals surface area contributed by atoms with Gasteiger partial charge in [-0.1, -0.05) is 50.3 Å². The largest absolute Gasteiger partial charge is 0.506 e. The van der Waals surface area contributed by atoms with Crippen molar-refractivity contribution in [1.29, 1.82) is 0 Å². The number of ketones is 1. The highest BCUT2D eigenvalue weighted by Gasteiger charge is 2.33. The Hall–Kier alpha value is -2.01. The van der Waals surface area contributed by atoms with Crippen LogP contribution >= 0.6 is 11.6 Å². The van der Waals surface area contributed by atoms with E-state index in [0.29, 0.717) is 35.6 Å². The zero-order valence-corrected chi connectivity index (χ0v) is 15.0. The van der Waals surface area contributed by atoms with Crippen LogP contribution in [0.5, 0.6) is 5.75 Å². The Labute approximate surface area is 152 Å². The van der Waals surface area contributed by atoms with Gasteiger partial charge in [0, 0.05) is 17.7 Å². The molecule has 1 fully saturated rings. The van der Waals surface area contributed by atoms with Gasteiger partial charge in [0.2, 0.25) is 0 Å². The Morgan fingerprint density at radius 2 is 2.04 bits per heavy atom. The fraction of sp³-hybridized carbons (Fsp3) is 0.474. The molecule has 1 heterocycles. The number of allylic oxidation sites excluding steroid dienone is 1. The van der Waals surface area contributed by atoms with Crippen LogP contribution in [-0.2, 0) is 4.79 Å². The maximum Gasteiger partial charge on any atom is 0.319 e. The van der Waals surface area contributed by atoms with Crippen LogP contribution < -0.4 is 10.6 Å². The van der Waals surface area contributed by atoms with Crippen molar-refractivity contribution >= 4 is 23.4 Å². The molecule has 3 N–H and O–H groups in total. The predicted octanol–water partition coefficient (Wildman–Crippen LogP) is 4.21. The van der Waals surface area contributed by atoms with Crippen LogP contribution in [0.25, 0.3) is 0 Å². The average molecular weight is 363 g/mol. The first-order valence-electron chi connectivity index (χ1n) is 8.81. The summed E-state index contributed by atoms with van der Waals surface area (Å²) >= 11 is 6.03. The lowest BCUT2D eigenvalue weighted by Gasteiger charge is -2.30. The summed E-state index contributed by atoms with van der Waals surface area (Å²) in [5, 5.41) is 15.5. The minimum atomic E-state index is -0.546. The van der Waals surface area contributed by atoms with Crippen molar-refractivity contribution in [2.75, 3.05) is 0 Å². The summed E-state index contributed by atoms with van der Waals surface area (Å²) in [7, 11) is 0. The number of phenolic OH excluding ortho intramolecular Hbond substituents is 1. The quantitative estimate of drug-likeness (QED) is 0.734. The van der Waals surface area contributed by atoms with Crippen molar-refractivity contribution in [1.82, 2.24) is 10.6 Å². The van der Waals surface area contributed by atoms with E-state index in [4.69, 9.17) is 11.6 Å². The zero-order chi connectivity index (χ0) is 18.0. The molecule has 1 atom stereocenters. The number of Topliss-reactive ketones (excluding diaryl/α,β-unsaturated/α-hetero) is 1. The number of hydrogen-bond donors (Lipinski definition) is 3. The van der Waals surface area contributed by atoms with Gasteiger partial charge < -0.3 is 15.7 Å². The van der Waals surface area contributed by atoms with Crippen LogP contribution in [0.1, 0.15) is 57.1 Å². The lowest BCUT2D eigenvalue weighted by Crippen LogP contribution is -2.45. The van der Waals surface area contributed by atoms with E-state index < -0.39 is 6.04 Å². The number of nitrogens with one attached hydrogen (secondary N) is 2. The fourth-order valence-electron chi connectivity index (χ4n) is 3.77. The number of hydrogen-bond acceptors (Lipinski definition) is 3. The fourth-order valence-corrected chi connectivity index (χ4v) is 3.95. The lowest BCUT2D eigenvalue weighted by atomic mass is 9.87. The van der Waals surface area contributed by atoms with Gasteiger partial charge in [0.05, 0.1) is 11.1 Å². The molecule has 1 aliphatic carbocycles. The standard InChI is InChI=1S/C19H23ClN2O3/c1-2-14-17(16(24)9-11-5-3-4-6-11)18(22-19(25)21-14)12-7-8-15(23)13(20)10-12/h7-8,10-11,18,23H,2-6,9H2,1H3,(H2,21,22,25)/t18-/m0/s1. The number of urea groups is 1. The summed E-state index contributed by atoms with van der Waals surface area (Å²) in [5.41, 5.74) is 1.97. The Balaban J connectivity index is 1.96. The monoisotopic (exact) mass is 362 g/mol. The lowest BCUT2D eigenvalue weighted by molar-refractivity contribution is -0.116. The number of aromatic hydroxyl groups is 1. The molecule has 5 nitrogen and oxygen atoms in total. The second-order valence-corrected chi connectivity index (χ2v) is 7.17. The third-order valence-electron chi connectivity index (χ3n) is 5.06. The molecule has 1 aromatic carbocycles. The predicted molar refractivity (Wildman–Crippen MR) is 96.4 cm³/mol. The number of carbonyl (C=O) groups excluding carboxylic acids is 2. The molecule has 0 radical (unpaired) electrons. The third-order valence-corrected chi connectivity index (χ3v) is 5.36. The maximum atomic E-state index is 13.0. The van der Waals surface area contributed by atoms with Crippen molar-refractivity contribution in [3.63, 3.8) is 0 Å². The molecule has 2 amide bonds. The highest BCUT2D eigenvalue weighted by Crippen LogP contribution is 2.35. The van der Waals surface area contributed by atoms with Gasteiger partial charge in [0.25, 0.3) is 0 Å². The first-order valence-corrected chi connectivity index (χ1v) is 9.19. The van der Waals surface area contributed by atoms with Gasteiger partial charge in [-0.05, 0) is 30.0 Å². The van der Waals surface area contributed by atoms with Crippen molar-refractivity contribution in [2.24, 2.45) is 5.92 Å². The van der Waals surface area contributed by atoms with E-state index in [1.165, 1.54) is 18.9 Å². The van der Waals surface area contributed by atoms with Gasteiger partial charge in [-0.25, -0.2) is 4.79 Å². The topological polar surface area (TPSA) is 78.4 Å². The summed E-state index contributed by atoms with van der Waals surface area (Å²) in [5.74, 6) is 0.481. The molecule has 0 aromatic heterocycles. The van der Waals surface area contributed by atoms with E-state index in [2.05, 4.69) is 10.6 Å². The normalized spacial score (nSPS) is 21.2.